The van der Waals surface area contributed by atoms with Crippen LogP contribution < -0.4 is 0 Å². The van der Waals surface area contributed by atoms with Gasteiger partial charge in [0.25, 0.3) is 0 Å². The van der Waals surface area contributed by atoms with Gasteiger partial charge in [-0.25, -0.2) is 0 Å². The molecular weight excluding hydrogens is 146 g/mol. The van der Waals surface area contributed by atoms with E-state index in [9.17, 15) is 4.79 Å². The summed E-state index contributed by atoms with van der Waals surface area (Å²) in [7, 11) is 0. The van der Waals surface area contributed by atoms with Crippen molar-refractivity contribution in [2.75, 3.05) is 0 Å². The minimum atomic E-state index is -1.72. The molecule has 0 aliphatic carbocycles. The summed E-state index contributed by atoms with van der Waals surface area (Å²) in [6, 6.07) is 0. The summed E-state index contributed by atoms with van der Waals surface area (Å²) in [5, 5.41) is 0. The van der Waals surface area contributed by atoms with Gasteiger partial charge in [0, 0.05) is 1.43 Å². The third-order valence-electron chi connectivity index (χ3n) is 0.134. The molecule has 0 fully saturated rings. The van der Waals surface area contributed by atoms with Crippen molar-refractivity contribution in [3.63, 3.8) is 0 Å². The number of carbonyl (C=O) groups excluding carboxylic acids is 1. The van der Waals surface area contributed by atoms with Crippen LogP contribution in [0.2, 0.25) is 0 Å². The zero-order valence-corrected chi connectivity index (χ0v) is 4.89. The Hall–Kier alpha value is 0.540. The second-order valence-electron chi connectivity index (χ2n) is 0.659. The van der Waals surface area contributed by atoms with E-state index in [1.165, 1.54) is 0 Å². The summed E-state index contributed by atoms with van der Waals surface area (Å²) in [4.78, 5) is 9.43. The zero-order valence-electron chi connectivity index (χ0n) is 2.62. The Morgan fingerprint density at radius 1 is 1.50 bits per heavy atom. The van der Waals surface area contributed by atoms with Gasteiger partial charge in [-0.15, -0.1) is 0 Å². The second kappa shape index (κ2) is 2.01. The van der Waals surface area contributed by atoms with Gasteiger partial charge in [-0.3, -0.25) is 4.79 Å². The summed E-state index contributed by atoms with van der Waals surface area (Å²) in [5.74, 6) is 0. The van der Waals surface area contributed by atoms with Crippen molar-refractivity contribution < 1.29 is 6.22 Å². The maximum atomic E-state index is 9.43. The van der Waals surface area contributed by atoms with Crippen molar-refractivity contribution in [1.82, 2.24) is 0 Å². The molecule has 0 aromatic carbocycles. The van der Waals surface area contributed by atoms with Gasteiger partial charge in [0.2, 0.25) is 3.79 Å². The Labute approximate surface area is 51.7 Å². The van der Waals surface area contributed by atoms with Crippen LogP contribution in [0.3, 0.4) is 0 Å². The average Bonchev–Trinajstić information content (AvgIpc) is 1.35. The third kappa shape index (κ3) is 4.54. The highest BCUT2D eigenvalue weighted by Gasteiger charge is 2.16. The van der Waals surface area contributed by atoms with Crippen molar-refractivity contribution in [3.8, 4) is 0 Å². The Kier molecular flexibility index (Phi) is 2.19. The average molecular weight is 149 g/mol. The number of hydrogen-bond acceptors (Lipinski definition) is 1. The first kappa shape index (κ1) is 6.54. The molecule has 4 heteroatoms. The summed E-state index contributed by atoms with van der Waals surface area (Å²) in [6.45, 7) is 0. The van der Waals surface area contributed by atoms with Gasteiger partial charge >= 0.3 is 0 Å². The molecule has 0 atom stereocenters. The largest absolute Gasteiger partial charge is 0.299 e. The lowest BCUT2D eigenvalue weighted by Crippen LogP contribution is -2.00. The molecule has 0 saturated heterocycles. The Morgan fingerprint density at radius 3 is 1.67 bits per heavy atom. The molecule has 0 rings (SSSR count). The molecule has 0 saturated carbocycles. The highest BCUT2D eigenvalue weighted by Crippen LogP contribution is 2.21. The van der Waals surface area contributed by atoms with Crippen molar-refractivity contribution >= 4 is 41.1 Å². The number of aldehydes is 1. The molecule has 0 aliphatic heterocycles. The quantitative estimate of drug-likeness (QED) is 0.379. The van der Waals surface area contributed by atoms with Crippen LogP contribution in [0.4, 0.5) is 0 Å². The van der Waals surface area contributed by atoms with Gasteiger partial charge < -0.3 is 0 Å². The fraction of sp³-hybridized carbons (Fsp3) is 0.500. The van der Waals surface area contributed by atoms with Crippen LogP contribution in [0.15, 0.2) is 0 Å². The smallest absolute Gasteiger partial charge is 0.245 e. The molecule has 0 N–H and O–H groups in total. The normalized spacial score (nSPS) is 11.2. The molecule has 0 aromatic rings. The molecule has 38 valence electrons. The first-order valence-electron chi connectivity index (χ1n) is 1.09. The summed E-state index contributed by atoms with van der Waals surface area (Å²) < 4.78 is -1.72. The molecule has 0 heterocycles. The first-order chi connectivity index (χ1) is 2.56. The van der Waals surface area contributed by atoms with Crippen LogP contribution in [-0.2, 0) is 4.79 Å². The lowest BCUT2D eigenvalue weighted by atomic mass is 10.9. The monoisotopic (exact) mass is 148 g/mol. The Bertz CT molecular complexity index is 58.4. The number of carbonyl (C=O) groups is 1. The van der Waals surface area contributed by atoms with Gasteiger partial charge in [0.05, 0.1) is 0 Å². The van der Waals surface area contributed by atoms with Gasteiger partial charge in [0.1, 0.15) is 0 Å². The highest BCUT2D eigenvalue weighted by molar-refractivity contribution is 6.74. The predicted molar refractivity (Wildman–Crippen MR) is 28.5 cm³/mol. The van der Waals surface area contributed by atoms with E-state index >= 15 is 0 Å². The van der Waals surface area contributed by atoms with E-state index in [0.717, 1.165) is 0 Å². The van der Waals surface area contributed by atoms with Gasteiger partial charge in [-0.05, 0) is 0 Å². The molecule has 6 heavy (non-hydrogen) atoms. The fourth-order valence-corrected chi connectivity index (χ4v) is 0. The summed E-state index contributed by atoms with van der Waals surface area (Å²) in [6.07, 6.45) is 0.234. The Morgan fingerprint density at radius 2 is 1.67 bits per heavy atom. The van der Waals surface area contributed by atoms with Crippen molar-refractivity contribution in [2.45, 2.75) is 3.79 Å². The van der Waals surface area contributed by atoms with Gasteiger partial charge in [0.15, 0.2) is 6.29 Å². The zero-order chi connectivity index (χ0) is 5.21. The van der Waals surface area contributed by atoms with E-state index in [-0.39, 0.29) is 7.71 Å². The van der Waals surface area contributed by atoms with E-state index in [4.69, 9.17) is 34.8 Å². The van der Waals surface area contributed by atoms with Crippen LogP contribution in [-0.4, -0.2) is 10.1 Å². The molecule has 0 radical (unpaired) electrons. The second-order valence-corrected chi connectivity index (χ2v) is 3.03. The molecule has 0 unspecified atom stereocenters. The molecule has 0 amide bonds. The van der Waals surface area contributed by atoms with Crippen LogP contribution >= 0.6 is 34.8 Å². The van der Waals surface area contributed by atoms with Crippen LogP contribution in [0.5, 0.6) is 0 Å². The minimum Gasteiger partial charge on any atom is -0.299 e. The maximum absolute atomic E-state index is 9.43. The standard InChI is InChI=1S/C2HCl3O.H2/c3-2(4,5)1-6;/h1H;1H. The molecule has 1 nitrogen and oxygen atoms in total. The molecule has 0 aliphatic rings. The highest BCUT2D eigenvalue weighted by atomic mass is 35.6. The van der Waals surface area contributed by atoms with Crippen molar-refractivity contribution in [3.05, 3.63) is 0 Å². The fourth-order valence-electron chi connectivity index (χ4n) is 0. The van der Waals surface area contributed by atoms with Crippen LogP contribution in [0, 0.1) is 0 Å². The molecular formula is C2H3Cl3O. The summed E-state index contributed by atoms with van der Waals surface area (Å²) >= 11 is 14.6. The Balaban J connectivity index is 0. The van der Waals surface area contributed by atoms with Gasteiger partial charge in [-0.1, -0.05) is 34.8 Å². The predicted octanol–water partition coefficient (Wildman–Crippen LogP) is 1.80. The topological polar surface area (TPSA) is 17.1 Å². The molecule has 0 aromatic heterocycles. The number of hydrogen-bond donors (Lipinski definition) is 0. The molecule has 0 spiro atoms. The molecule has 0 bridgehead atoms. The van der Waals surface area contributed by atoms with Crippen molar-refractivity contribution in [2.24, 2.45) is 0 Å². The number of alkyl halides is 3. The summed E-state index contributed by atoms with van der Waals surface area (Å²) in [5.41, 5.74) is 0. The van der Waals surface area contributed by atoms with E-state index in [0.29, 0.717) is 0 Å². The van der Waals surface area contributed by atoms with E-state index in [2.05, 4.69) is 0 Å². The van der Waals surface area contributed by atoms with Crippen LogP contribution in [0.1, 0.15) is 1.43 Å². The van der Waals surface area contributed by atoms with Crippen molar-refractivity contribution in [1.29, 1.82) is 0 Å². The lowest BCUT2D eigenvalue weighted by Gasteiger charge is -1.93. The van der Waals surface area contributed by atoms with E-state index < -0.39 is 3.79 Å². The van der Waals surface area contributed by atoms with Crippen LogP contribution in [0.25, 0.3) is 0 Å². The maximum Gasteiger partial charge on any atom is 0.245 e. The van der Waals surface area contributed by atoms with E-state index in [1.54, 1.807) is 0 Å². The minimum absolute atomic E-state index is 0. The number of halogens is 3. The number of rotatable bonds is 0. The first-order valence-corrected chi connectivity index (χ1v) is 2.23. The lowest BCUT2D eigenvalue weighted by molar-refractivity contribution is -0.107. The third-order valence-corrected chi connectivity index (χ3v) is 0.401. The van der Waals surface area contributed by atoms with Gasteiger partial charge in [-0.2, -0.15) is 0 Å². The SMILES string of the molecule is O=CC(Cl)(Cl)Cl.[HH]. The van der Waals surface area contributed by atoms with E-state index in [1.807, 2.05) is 0 Å².